The molecule has 2 aromatic carbocycles. The first-order chi connectivity index (χ1) is 19.8. The van der Waals surface area contributed by atoms with Crippen LogP contribution in [-0.2, 0) is 24.2 Å². The first kappa shape index (κ1) is 30.8. The van der Waals surface area contributed by atoms with Crippen LogP contribution in [0.1, 0.15) is 57.3 Å². The smallest absolute Gasteiger partial charge is 0.240 e. The summed E-state index contributed by atoms with van der Waals surface area (Å²) in [6, 6.07) is 15.8. The Morgan fingerprint density at radius 2 is 1.73 bits per heavy atom. The number of nitrogens with zero attached hydrogens (tertiary/aromatic N) is 6. The minimum atomic E-state index is 0.144. The second-order valence-electron chi connectivity index (χ2n) is 8.80. The molecule has 2 heterocycles. The Hall–Kier alpha value is -4.73. The van der Waals surface area contributed by atoms with Gasteiger partial charge in [-0.25, -0.2) is 15.0 Å². The minimum absolute atomic E-state index is 0.144. The average Bonchev–Trinajstić information content (AvgIpc) is 3.36. The fraction of sp³-hybridized carbons (Fsp3) is 0.323. The van der Waals surface area contributed by atoms with Crippen molar-refractivity contribution >= 4 is 34.4 Å². The van der Waals surface area contributed by atoms with Crippen LogP contribution in [0.2, 0.25) is 0 Å². The van der Waals surface area contributed by atoms with Crippen LogP contribution in [-0.4, -0.2) is 45.7 Å². The molecule has 10 nitrogen and oxygen atoms in total. The van der Waals surface area contributed by atoms with Crippen LogP contribution in [0.25, 0.3) is 16.7 Å². The van der Waals surface area contributed by atoms with E-state index in [1.54, 1.807) is 28.1 Å². The van der Waals surface area contributed by atoms with E-state index in [1.807, 2.05) is 56.3 Å². The molecule has 2 N–H and O–H groups in total. The predicted molar refractivity (Wildman–Crippen MR) is 166 cm³/mol. The van der Waals surface area contributed by atoms with Crippen molar-refractivity contribution in [1.82, 2.24) is 19.7 Å². The SMILES string of the molecule is C=C(/N=C(/C)N=C(C)OCc1ccc2cccc(OC)c2n1)n1nc(N)nc1Cc1ccc(OC)c(CC)c1.CC. The summed E-state index contributed by atoms with van der Waals surface area (Å²) in [5.41, 5.74) is 9.63. The van der Waals surface area contributed by atoms with Crippen LogP contribution in [0.4, 0.5) is 5.95 Å². The molecule has 2 aromatic heterocycles. The second kappa shape index (κ2) is 14.6. The van der Waals surface area contributed by atoms with Crippen LogP contribution in [0.15, 0.2) is 65.1 Å². The largest absolute Gasteiger partial charge is 0.496 e. The van der Waals surface area contributed by atoms with E-state index in [0.29, 0.717) is 35.5 Å². The summed E-state index contributed by atoms with van der Waals surface area (Å²) in [5, 5.41) is 5.28. The Balaban J connectivity index is 0.00000226. The number of aliphatic imine (C=N–C) groups is 2. The van der Waals surface area contributed by atoms with Crippen molar-refractivity contribution in [2.75, 3.05) is 20.0 Å². The van der Waals surface area contributed by atoms with Gasteiger partial charge in [-0.1, -0.05) is 57.7 Å². The molecular formula is C31H39N7O3. The van der Waals surface area contributed by atoms with Gasteiger partial charge in [0.05, 0.1) is 19.9 Å². The third-order valence-corrected chi connectivity index (χ3v) is 6.02. The number of anilines is 1. The third kappa shape index (κ3) is 7.91. The van der Waals surface area contributed by atoms with Crippen LogP contribution < -0.4 is 15.2 Å². The molecule has 4 rings (SSSR count). The van der Waals surface area contributed by atoms with Gasteiger partial charge in [-0.15, -0.1) is 5.10 Å². The van der Waals surface area contributed by atoms with E-state index in [2.05, 4.69) is 44.6 Å². The van der Waals surface area contributed by atoms with Crippen LogP contribution in [0.5, 0.6) is 11.5 Å². The van der Waals surface area contributed by atoms with E-state index in [-0.39, 0.29) is 12.6 Å². The molecule has 10 heteroatoms. The Kier molecular flexibility index (Phi) is 11.0. The standard InChI is InChI=1S/C29H33N7O3.C2H6/c1-7-22-15-21(11-14-25(22)37-5)16-27-34-29(30)35-36(27)19(3)31-18(2)32-20(4)39-17-24-13-12-23-9-8-10-26(38-6)28(23)33-24;1-2/h8-15H,3,7,16-17H2,1-2,4-6H3,(H2,30,35);1-2H3/b31-18-,32-20?;. The molecule has 0 unspecified atom stereocenters. The maximum Gasteiger partial charge on any atom is 0.240 e. The van der Waals surface area contributed by atoms with Crippen molar-refractivity contribution in [1.29, 1.82) is 0 Å². The number of rotatable bonds is 9. The molecule has 0 spiro atoms. The van der Waals surface area contributed by atoms with Gasteiger partial charge in [-0.05, 0) is 42.7 Å². The number of benzene rings is 2. The molecule has 0 atom stereocenters. The fourth-order valence-corrected chi connectivity index (χ4v) is 4.19. The van der Waals surface area contributed by atoms with Gasteiger partial charge in [0, 0.05) is 18.7 Å². The van der Waals surface area contributed by atoms with E-state index in [1.165, 1.54) is 4.68 Å². The molecule has 41 heavy (non-hydrogen) atoms. The van der Waals surface area contributed by atoms with Crippen LogP contribution >= 0.6 is 0 Å². The fourth-order valence-electron chi connectivity index (χ4n) is 4.19. The molecule has 0 fully saturated rings. The second-order valence-corrected chi connectivity index (χ2v) is 8.80. The number of methoxy groups -OCH3 is 2. The highest BCUT2D eigenvalue weighted by atomic mass is 16.5. The van der Waals surface area contributed by atoms with E-state index < -0.39 is 0 Å². The third-order valence-electron chi connectivity index (χ3n) is 6.02. The number of hydrogen-bond acceptors (Lipinski definition) is 8. The van der Waals surface area contributed by atoms with Crippen molar-refractivity contribution in [3.8, 4) is 11.5 Å². The first-order valence-electron chi connectivity index (χ1n) is 13.5. The van der Waals surface area contributed by atoms with E-state index in [4.69, 9.17) is 19.9 Å². The van der Waals surface area contributed by atoms with Gasteiger partial charge in [0.2, 0.25) is 5.95 Å². The van der Waals surface area contributed by atoms with Gasteiger partial charge in [-0.2, -0.15) is 9.67 Å². The number of ether oxygens (including phenoxy) is 3. The summed E-state index contributed by atoms with van der Waals surface area (Å²) in [6.07, 6.45) is 1.36. The molecule has 0 aliphatic carbocycles. The van der Waals surface area contributed by atoms with Gasteiger partial charge in [0.25, 0.3) is 0 Å². The number of amidine groups is 1. The van der Waals surface area contributed by atoms with Gasteiger partial charge in [0.15, 0.2) is 11.7 Å². The summed E-state index contributed by atoms with van der Waals surface area (Å²) in [6.45, 7) is 13.9. The topological polar surface area (TPSA) is 122 Å². The Bertz CT molecular complexity index is 1560. The molecule has 0 saturated heterocycles. The number of para-hydroxylation sites is 1. The Morgan fingerprint density at radius 3 is 2.44 bits per heavy atom. The summed E-state index contributed by atoms with van der Waals surface area (Å²) < 4.78 is 18.2. The number of aromatic nitrogens is 4. The number of aryl methyl sites for hydroxylation is 1. The maximum absolute atomic E-state index is 5.92. The summed E-state index contributed by atoms with van der Waals surface area (Å²) in [5.74, 6) is 3.57. The highest BCUT2D eigenvalue weighted by Crippen LogP contribution is 2.24. The van der Waals surface area contributed by atoms with Crippen molar-refractivity contribution in [3.63, 3.8) is 0 Å². The summed E-state index contributed by atoms with van der Waals surface area (Å²) >= 11 is 0. The molecule has 0 amide bonds. The van der Waals surface area contributed by atoms with Gasteiger partial charge < -0.3 is 19.9 Å². The molecular weight excluding hydrogens is 518 g/mol. The number of nitrogen functional groups attached to an aromatic ring is 1. The van der Waals surface area contributed by atoms with Gasteiger partial charge in [0.1, 0.15) is 35.3 Å². The zero-order valence-electron chi connectivity index (χ0n) is 24.9. The zero-order valence-corrected chi connectivity index (χ0v) is 24.9. The monoisotopic (exact) mass is 557 g/mol. The highest BCUT2D eigenvalue weighted by Gasteiger charge is 2.13. The van der Waals surface area contributed by atoms with E-state index in [9.17, 15) is 0 Å². The molecule has 0 aliphatic heterocycles. The number of fused-ring (bicyclic) bond motifs is 1. The van der Waals surface area contributed by atoms with Crippen molar-refractivity contribution in [2.24, 2.45) is 9.98 Å². The van der Waals surface area contributed by atoms with Crippen LogP contribution in [0, 0.1) is 0 Å². The van der Waals surface area contributed by atoms with Crippen molar-refractivity contribution in [3.05, 3.63) is 77.8 Å². The summed E-state index contributed by atoms with van der Waals surface area (Å²) in [4.78, 5) is 18.0. The van der Waals surface area contributed by atoms with E-state index in [0.717, 1.165) is 39.9 Å². The lowest BCUT2D eigenvalue weighted by Crippen LogP contribution is -2.07. The van der Waals surface area contributed by atoms with Crippen molar-refractivity contribution in [2.45, 2.75) is 54.1 Å². The first-order valence-corrected chi connectivity index (χ1v) is 13.5. The van der Waals surface area contributed by atoms with E-state index >= 15 is 0 Å². The van der Waals surface area contributed by atoms with Crippen molar-refractivity contribution < 1.29 is 14.2 Å². The molecule has 216 valence electrons. The lowest BCUT2D eigenvalue weighted by atomic mass is 10.0. The Morgan fingerprint density at radius 1 is 0.976 bits per heavy atom. The Labute approximate surface area is 241 Å². The molecule has 0 saturated carbocycles. The quantitative estimate of drug-likeness (QED) is 0.195. The average molecular weight is 558 g/mol. The highest BCUT2D eigenvalue weighted by molar-refractivity contribution is 5.94. The number of hydrogen-bond donors (Lipinski definition) is 1. The molecule has 0 radical (unpaired) electrons. The summed E-state index contributed by atoms with van der Waals surface area (Å²) in [7, 11) is 3.30. The van der Waals surface area contributed by atoms with Gasteiger partial charge in [-0.3, -0.25) is 0 Å². The lowest BCUT2D eigenvalue weighted by Gasteiger charge is -2.10. The zero-order chi connectivity index (χ0) is 29.9. The number of pyridine rings is 1. The lowest BCUT2D eigenvalue weighted by molar-refractivity contribution is 0.286. The molecule has 0 aliphatic rings. The van der Waals surface area contributed by atoms with Gasteiger partial charge >= 0.3 is 0 Å². The molecule has 4 aromatic rings. The minimum Gasteiger partial charge on any atom is -0.496 e. The normalized spacial score (nSPS) is 11.6. The number of nitrogens with two attached hydrogens (primary N) is 1. The van der Waals surface area contributed by atoms with Crippen LogP contribution in [0.3, 0.4) is 0 Å². The predicted octanol–water partition coefficient (Wildman–Crippen LogP) is 6.09. The maximum atomic E-state index is 5.92. The molecule has 0 bridgehead atoms.